The molecule has 0 saturated heterocycles. The Bertz CT molecular complexity index is 698. The first-order valence-electron chi connectivity index (χ1n) is 7.12. The van der Waals surface area contributed by atoms with Crippen molar-refractivity contribution in [3.8, 4) is 0 Å². The minimum absolute atomic E-state index is 0.0616. The number of aliphatic hydroxyl groups is 1. The van der Waals surface area contributed by atoms with Crippen LogP contribution in [0.5, 0.6) is 0 Å². The van der Waals surface area contributed by atoms with Gasteiger partial charge in [-0.25, -0.2) is 4.39 Å². The zero-order valence-electron chi connectivity index (χ0n) is 12.5. The highest BCUT2D eigenvalue weighted by Gasteiger charge is 2.34. The van der Waals surface area contributed by atoms with Gasteiger partial charge in [0, 0.05) is 6.54 Å². The molecule has 2 N–H and O–H groups in total. The second-order valence-corrected chi connectivity index (χ2v) is 5.21. The first kappa shape index (κ1) is 17.9. The van der Waals surface area contributed by atoms with Gasteiger partial charge in [0.05, 0.1) is 18.1 Å². The maximum Gasteiger partial charge on any atom is 0.416 e. The lowest BCUT2D eigenvalue weighted by Crippen LogP contribution is -2.30. The van der Waals surface area contributed by atoms with Crippen molar-refractivity contribution in [2.75, 3.05) is 6.54 Å². The quantitative estimate of drug-likeness (QED) is 0.821. The van der Waals surface area contributed by atoms with Crippen molar-refractivity contribution in [2.45, 2.75) is 18.7 Å². The molecule has 2 rings (SSSR count). The van der Waals surface area contributed by atoms with Crippen molar-refractivity contribution >= 4 is 5.91 Å². The Morgan fingerprint density at radius 3 is 2.33 bits per heavy atom. The molecular weight excluding hydrogens is 326 g/mol. The molecule has 0 aromatic heterocycles. The molecule has 1 atom stereocenters. The molecular formula is C17H15F4NO2. The monoisotopic (exact) mass is 341 g/mol. The van der Waals surface area contributed by atoms with Crippen LogP contribution >= 0.6 is 0 Å². The summed E-state index contributed by atoms with van der Waals surface area (Å²) in [5.74, 6) is -0.913. The first-order chi connectivity index (χ1) is 11.3. The number of aliphatic hydroxyl groups excluding tert-OH is 1. The fourth-order valence-electron chi connectivity index (χ4n) is 2.22. The van der Waals surface area contributed by atoms with E-state index >= 15 is 0 Å². The van der Waals surface area contributed by atoms with Crippen molar-refractivity contribution < 1.29 is 27.5 Å². The van der Waals surface area contributed by atoms with Crippen LogP contribution in [0, 0.1) is 5.82 Å². The van der Waals surface area contributed by atoms with E-state index in [0.29, 0.717) is 5.56 Å². The summed E-state index contributed by atoms with van der Waals surface area (Å²) >= 11 is 0. The number of alkyl halides is 3. The largest absolute Gasteiger partial charge is 0.416 e. The first-order valence-corrected chi connectivity index (χ1v) is 7.12. The predicted molar refractivity (Wildman–Crippen MR) is 79.5 cm³/mol. The average molecular weight is 341 g/mol. The summed E-state index contributed by atoms with van der Waals surface area (Å²) < 4.78 is 51.5. The summed E-state index contributed by atoms with van der Waals surface area (Å²) in [6.07, 6.45) is -6.14. The molecule has 128 valence electrons. The third-order valence-corrected chi connectivity index (χ3v) is 3.40. The van der Waals surface area contributed by atoms with Crippen LogP contribution in [0.4, 0.5) is 17.6 Å². The number of carbonyl (C=O) groups excluding carboxylic acids is 1. The summed E-state index contributed by atoms with van der Waals surface area (Å²) in [6, 6.07) is 9.93. The number of carbonyl (C=O) groups is 1. The summed E-state index contributed by atoms with van der Waals surface area (Å²) in [7, 11) is 0. The lowest BCUT2D eigenvalue weighted by Gasteiger charge is -2.18. The summed E-state index contributed by atoms with van der Waals surface area (Å²) in [5, 5.41) is 12.3. The topological polar surface area (TPSA) is 49.3 Å². The van der Waals surface area contributed by atoms with Crippen LogP contribution in [0.2, 0.25) is 0 Å². The number of amides is 1. The Balaban J connectivity index is 1.97. The Hall–Kier alpha value is -2.41. The van der Waals surface area contributed by atoms with Gasteiger partial charge < -0.3 is 10.4 Å². The van der Waals surface area contributed by atoms with E-state index in [1.807, 2.05) is 0 Å². The average Bonchev–Trinajstić information content (AvgIpc) is 2.54. The fraction of sp³-hybridized carbons (Fsp3) is 0.235. The Morgan fingerprint density at radius 1 is 1.08 bits per heavy atom. The lowest BCUT2D eigenvalue weighted by molar-refractivity contribution is -0.139. The molecule has 0 spiro atoms. The molecule has 2 aromatic rings. The van der Waals surface area contributed by atoms with Crippen molar-refractivity contribution in [1.82, 2.24) is 5.32 Å². The molecule has 3 nitrogen and oxygen atoms in total. The van der Waals surface area contributed by atoms with E-state index < -0.39 is 29.6 Å². The van der Waals surface area contributed by atoms with E-state index in [9.17, 15) is 27.5 Å². The molecule has 0 aliphatic rings. The van der Waals surface area contributed by atoms with E-state index in [1.165, 1.54) is 42.5 Å². The number of hydrogen-bond donors (Lipinski definition) is 2. The Kier molecular flexibility index (Phi) is 5.56. The standard InChI is InChI=1S/C17H15F4NO2/c18-12-7-5-11(6-8-12)9-16(24)22-10-15(23)13-3-1-2-4-14(13)17(19,20)21/h1-8,15,23H,9-10H2,(H,22,24)/t15-/m0/s1. The highest BCUT2D eigenvalue weighted by molar-refractivity contribution is 5.78. The van der Waals surface area contributed by atoms with Crippen molar-refractivity contribution in [1.29, 1.82) is 0 Å². The van der Waals surface area contributed by atoms with Crippen LogP contribution < -0.4 is 5.32 Å². The maximum atomic E-state index is 12.9. The summed E-state index contributed by atoms with van der Waals surface area (Å²) in [6.45, 7) is -0.354. The van der Waals surface area contributed by atoms with Gasteiger partial charge >= 0.3 is 6.18 Å². The van der Waals surface area contributed by atoms with Crippen LogP contribution in [0.25, 0.3) is 0 Å². The number of rotatable bonds is 5. The third kappa shape index (κ3) is 4.79. The summed E-state index contributed by atoms with van der Waals surface area (Å²) in [4.78, 5) is 11.8. The molecule has 0 fully saturated rings. The maximum absolute atomic E-state index is 12.9. The van der Waals surface area contributed by atoms with Crippen LogP contribution in [0.1, 0.15) is 22.8 Å². The molecule has 0 saturated carbocycles. The SMILES string of the molecule is O=C(Cc1ccc(F)cc1)NC[C@H](O)c1ccccc1C(F)(F)F. The molecule has 0 bridgehead atoms. The molecule has 0 aliphatic heterocycles. The van der Waals surface area contributed by atoms with Gasteiger partial charge in [-0.3, -0.25) is 4.79 Å². The van der Waals surface area contributed by atoms with Gasteiger partial charge in [-0.2, -0.15) is 13.2 Å². The molecule has 0 heterocycles. The summed E-state index contributed by atoms with van der Waals surface area (Å²) in [5.41, 5.74) is -0.684. The minimum Gasteiger partial charge on any atom is -0.387 e. The van der Waals surface area contributed by atoms with Crippen molar-refractivity contribution in [2.24, 2.45) is 0 Å². The zero-order chi connectivity index (χ0) is 17.7. The van der Waals surface area contributed by atoms with Gasteiger partial charge in [0.15, 0.2) is 0 Å². The van der Waals surface area contributed by atoms with Gasteiger partial charge in [-0.05, 0) is 29.3 Å². The highest BCUT2D eigenvalue weighted by Crippen LogP contribution is 2.34. The lowest BCUT2D eigenvalue weighted by atomic mass is 10.0. The fourth-order valence-corrected chi connectivity index (χ4v) is 2.22. The molecule has 0 unspecified atom stereocenters. The van der Waals surface area contributed by atoms with Gasteiger partial charge in [0.1, 0.15) is 5.82 Å². The Labute approximate surface area is 135 Å². The smallest absolute Gasteiger partial charge is 0.387 e. The normalized spacial score (nSPS) is 12.7. The molecule has 7 heteroatoms. The second-order valence-electron chi connectivity index (χ2n) is 5.21. The van der Waals surface area contributed by atoms with E-state index in [0.717, 1.165) is 6.07 Å². The predicted octanol–water partition coefficient (Wildman–Crippen LogP) is 3.24. The molecule has 0 radical (unpaired) electrons. The second kappa shape index (κ2) is 7.44. The number of hydrogen-bond acceptors (Lipinski definition) is 2. The van der Waals surface area contributed by atoms with Crippen LogP contribution in [0.3, 0.4) is 0 Å². The van der Waals surface area contributed by atoms with E-state index in [1.54, 1.807) is 0 Å². The number of nitrogens with one attached hydrogen (secondary N) is 1. The molecule has 2 aromatic carbocycles. The van der Waals surface area contributed by atoms with Gasteiger partial charge in [0.2, 0.25) is 5.91 Å². The van der Waals surface area contributed by atoms with Crippen LogP contribution in [-0.2, 0) is 17.4 Å². The van der Waals surface area contributed by atoms with Crippen molar-refractivity contribution in [3.63, 3.8) is 0 Å². The van der Waals surface area contributed by atoms with E-state index in [4.69, 9.17) is 0 Å². The molecule has 0 aliphatic carbocycles. The zero-order valence-corrected chi connectivity index (χ0v) is 12.5. The number of benzene rings is 2. The van der Waals surface area contributed by atoms with Crippen LogP contribution in [0.15, 0.2) is 48.5 Å². The molecule has 1 amide bonds. The Morgan fingerprint density at radius 2 is 1.71 bits per heavy atom. The van der Waals surface area contributed by atoms with E-state index in [2.05, 4.69) is 5.32 Å². The number of halogens is 4. The van der Waals surface area contributed by atoms with Crippen LogP contribution in [-0.4, -0.2) is 17.6 Å². The van der Waals surface area contributed by atoms with Crippen molar-refractivity contribution in [3.05, 3.63) is 71.0 Å². The molecule has 24 heavy (non-hydrogen) atoms. The van der Waals surface area contributed by atoms with Gasteiger partial charge in [-0.15, -0.1) is 0 Å². The third-order valence-electron chi connectivity index (χ3n) is 3.40. The van der Waals surface area contributed by atoms with Gasteiger partial charge in [-0.1, -0.05) is 30.3 Å². The minimum atomic E-state index is -4.59. The van der Waals surface area contributed by atoms with Gasteiger partial charge in [0.25, 0.3) is 0 Å². The van der Waals surface area contributed by atoms with E-state index in [-0.39, 0.29) is 18.5 Å². The highest BCUT2D eigenvalue weighted by atomic mass is 19.4.